The number of carbonyl (C=O) groups is 1. The van der Waals surface area contributed by atoms with E-state index in [-0.39, 0.29) is 24.5 Å². The van der Waals surface area contributed by atoms with E-state index in [1.807, 2.05) is 37.3 Å². The molecule has 20 heavy (non-hydrogen) atoms. The van der Waals surface area contributed by atoms with E-state index in [0.717, 1.165) is 12.0 Å². The van der Waals surface area contributed by atoms with Crippen LogP contribution < -0.4 is 5.32 Å². The van der Waals surface area contributed by atoms with Crippen molar-refractivity contribution in [2.75, 3.05) is 6.54 Å². The summed E-state index contributed by atoms with van der Waals surface area (Å²) in [5.41, 5.74) is 0.479. The Balaban J connectivity index is 1.68. The van der Waals surface area contributed by atoms with E-state index in [9.17, 15) is 4.79 Å². The van der Waals surface area contributed by atoms with E-state index in [1.54, 1.807) is 0 Å². The molecule has 4 atom stereocenters. The maximum absolute atomic E-state index is 12.4. The molecular formula is C15H18BNO3. The minimum absolute atomic E-state index is 0.141. The van der Waals surface area contributed by atoms with Gasteiger partial charge in [0.05, 0.1) is 5.60 Å². The van der Waals surface area contributed by atoms with Crippen LogP contribution in [0.15, 0.2) is 30.3 Å². The molecule has 0 aromatic heterocycles. The van der Waals surface area contributed by atoms with Gasteiger partial charge in [0.15, 0.2) is 0 Å². The molecule has 2 unspecified atom stereocenters. The van der Waals surface area contributed by atoms with Crippen LogP contribution in [0, 0.1) is 5.92 Å². The molecule has 2 heterocycles. The van der Waals surface area contributed by atoms with Gasteiger partial charge in [-0.3, -0.25) is 4.79 Å². The molecule has 2 saturated heterocycles. The van der Waals surface area contributed by atoms with Gasteiger partial charge < -0.3 is 14.8 Å². The van der Waals surface area contributed by atoms with E-state index in [1.165, 1.54) is 0 Å². The molecule has 2 fully saturated rings. The zero-order valence-electron chi connectivity index (χ0n) is 11.5. The van der Waals surface area contributed by atoms with Gasteiger partial charge in [0.2, 0.25) is 0 Å². The molecule has 0 aliphatic carbocycles. The SMILES string of the molecule is [B][C@@H]1O[C@]2(CC)CNC1C2C(=O)OCc1ccccc1. The minimum Gasteiger partial charge on any atom is -0.460 e. The summed E-state index contributed by atoms with van der Waals surface area (Å²) in [5, 5.41) is 3.28. The smallest absolute Gasteiger partial charge is 0.313 e. The Kier molecular flexibility index (Phi) is 3.56. The van der Waals surface area contributed by atoms with Crippen molar-refractivity contribution in [2.45, 2.75) is 37.6 Å². The van der Waals surface area contributed by atoms with Crippen LogP contribution in [0.25, 0.3) is 0 Å². The summed E-state index contributed by atoms with van der Waals surface area (Å²) in [5.74, 6) is -0.537. The maximum atomic E-state index is 12.4. The Morgan fingerprint density at radius 1 is 1.50 bits per heavy atom. The summed E-state index contributed by atoms with van der Waals surface area (Å²) < 4.78 is 11.3. The fourth-order valence-electron chi connectivity index (χ4n) is 3.22. The van der Waals surface area contributed by atoms with Crippen LogP contribution in [0.4, 0.5) is 0 Å². The number of hydrogen-bond acceptors (Lipinski definition) is 4. The number of rotatable bonds is 4. The highest BCUT2D eigenvalue weighted by Crippen LogP contribution is 2.43. The zero-order valence-corrected chi connectivity index (χ0v) is 11.5. The number of benzene rings is 1. The van der Waals surface area contributed by atoms with Gasteiger partial charge in [-0.2, -0.15) is 0 Å². The average molecular weight is 271 g/mol. The number of hydrogen-bond donors (Lipinski definition) is 1. The van der Waals surface area contributed by atoms with Gasteiger partial charge in [-0.05, 0) is 12.0 Å². The van der Waals surface area contributed by atoms with Crippen molar-refractivity contribution >= 4 is 13.8 Å². The van der Waals surface area contributed by atoms with Gasteiger partial charge in [0.25, 0.3) is 0 Å². The first-order valence-electron chi connectivity index (χ1n) is 7.03. The van der Waals surface area contributed by atoms with Crippen LogP contribution in [0.1, 0.15) is 18.9 Å². The van der Waals surface area contributed by atoms with Gasteiger partial charge in [-0.25, -0.2) is 0 Å². The van der Waals surface area contributed by atoms with Crippen molar-refractivity contribution in [2.24, 2.45) is 5.92 Å². The predicted octanol–water partition coefficient (Wildman–Crippen LogP) is 0.991. The van der Waals surface area contributed by atoms with Gasteiger partial charge in [0.1, 0.15) is 20.4 Å². The number of nitrogens with one attached hydrogen (secondary N) is 1. The Morgan fingerprint density at radius 3 is 2.90 bits per heavy atom. The molecule has 0 amide bonds. The second-order valence-corrected chi connectivity index (χ2v) is 5.48. The van der Waals surface area contributed by atoms with E-state index in [2.05, 4.69) is 5.32 Å². The fraction of sp³-hybridized carbons (Fsp3) is 0.533. The molecule has 1 N–H and O–H groups in total. The third-order valence-electron chi connectivity index (χ3n) is 4.36. The van der Waals surface area contributed by atoms with Crippen LogP contribution in [-0.4, -0.2) is 38.0 Å². The summed E-state index contributed by atoms with van der Waals surface area (Å²) >= 11 is 0. The molecule has 0 saturated carbocycles. The maximum Gasteiger partial charge on any atom is 0.313 e. The lowest BCUT2D eigenvalue weighted by atomic mass is 9.83. The van der Waals surface area contributed by atoms with Crippen LogP contribution in [0.5, 0.6) is 0 Å². The Labute approximate surface area is 120 Å². The van der Waals surface area contributed by atoms with E-state index in [4.69, 9.17) is 17.3 Å². The van der Waals surface area contributed by atoms with Gasteiger partial charge in [-0.15, -0.1) is 0 Å². The Bertz CT molecular complexity index is 495. The monoisotopic (exact) mass is 271 g/mol. The van der Waals surface area contributed by atoms with Crippen LogP contribution in [0.2, 0.25) is 0 Å². The van der Waals surface area contributed by atoms with Crippen LogP contribution in [0.3, 0.4) is 0 Å². The summed E-state index contributed by atoms with van der Waals surface area (Å²) in [6.45, 7) is 2.96. The third kappa shape index (κ3) is 2.15. The zero-order chi connectivity index (χ0) is 14.2. The summed E-state index contributed by atoms with van der Waals surface area (Å²) in [7, 11) is 5.92. The average Bonchev–Trinajstić information content (AvgIpc) is 2.98. The molecule has 2 aliphatic rings. The largest absolute Gasteiger partial charge is 0.460 e. The van der Waals surface area contributed by atoms with E-state index in [0.29, 0.717) is 6.54 Å². The van der Waals surface area contributed by atoms with Gasteiger partial charge >= 0.3 is 5.97 Å². The molecular weight excluding hydrogens is 253 g/mol. The summed E-state index contributed by atoms with van der Waals surface area (Å²) in [4.78, 5) is 12.4. The van der Waals surface area contributed by atoms with Crippen LogP contribution in [-0.2, 0) is 20.9 Å². The van der Waals surface area contributed by atoms with Crippen LogP contribution >= 0.6 is 0 Å². The molecule has 3 rings (SSSR count). The standard InChI is InChI=1S/C15H18BNO3/c1-2-15-9-17-12(13(16)20-15)11(15)14(18)19-8-10-6-4-3-5-7-10/h3-7,11-13,17H,2,8-9H2,1H3/t11?,12?,13-,15-/m1/s1. The van der Waals surface area contributed by atoms with Crippen molar-refractivity contribution in [3.63, 3.8) is 0 Å². The fourth-order valence-corrected chi connectivity index (χ4v) is 3.22. The van der Waals surface area contributed by atoms with Crippen molar-refractivity contribution in [3.05, 3.63) is 35.9 Å². The quantitative estimate of drug-likeness (QED) is 0.655. The van der Waals surface area contributed by atoms with Crippen molar-refractivity contribution in [1.82, 2.24) is 5.32 Å². The minimum atomic E-state index is -0.502. The molecule has 5 heteroatoms. The van der Waals surface area contributed by atoms with E-state index < -0.39 is 11.6 Å². The molecule has 1 aromatic rings. The number of ether oxygens (including phenoxy) is 2. The lowest BCUT2D eigenvalue weighted by Gasteiger charge is -2.30. The molecule has 0 spiro atoms. The lowest BCUT2D eigenvalue weighted by Crippen LogP contribution is -2.44. The molecule has 104 valence electrons. The number of carbonyl (C=O) groups excluding carboxylic acids is 1. The first kappa shape index (κ1) is 13.6. The molecule has 2 bridgehead atoms. The second-order valence-electron chi connectivity index (χ2n) is 5.48. The summed E-state index contributed by atoms with van der Waals surface area (Å²) in [6, 6.07) is 9.09. The van der Waals surface area contributed by atoms with Gasteiger partial charge in [0, 0.05) is 18.6 Å². The second kappa shape index (κ2) is 5.22. The highest BCUT2D eigenvalue weighted by atomic mass is 16.6. The first-order chi connectivity index (χ1) is 9.66. The highest BCUT2D eigenvalue weighted by Gasteiger charge is 2.60. The topological polar surface area (TPSA) is 47.6 Å². The van der Waals surface area contributed by atoms with E-state index >= 15 is 0 Å². The predicted molar refractivity (Wildman–Crippen MR) is 75.2 cm³/mol. The molecule has 1 aromatic carbocycles. The van der Waals surface area contributed by atoms with Crippen molar-refractivity contribution in [3.8, 4) is 0 Å². The van der Waals surface area contributed by atoms with Crippen molar-refractivity contribution in [1.29, 1.82) is 0 Å². The van der Waals surface area contributed by atoms with Gasteiger partial charge in [-0.1, -0.05) is 37.3 Å². The number of morpholine rings is 1. The molecule has 2 radical (unpaired) electrons. The number of fused-ring (bicyclic) bond motifs is 2. The normalized spacial score (nSPS) is 35.1. The van der Waals surface area contributed by atoms with Crippen molar-refractivity contribution < 1.29 is 14.3 Å². The number of esters is 1. The molecule has 2 aliphatic heterocycles. The Hall–Kier alpha value is -1.33. The third-order valence-corrected chi connectivity index (χ3v) is 4.36. The first-order valence-corrected chi connectivity index (χ1v) is 7.03. The Morgan fingerprint density at radius 2 is 2.25 bits per heavy atom. The lowest BCUT2D eigenvalue weighted by molar-refractivity contribution is -0.155. The molecule has 4 nitrogen and oxygen atoms in total. The summed E-state index contributed by atoms with van der Waals surface area (Å²) in [6.07, 6.45) is 0.745. The highest BCUT2D eigenvalue weighted by molar-refractivity contribution is 6.12.